The van der Waals surface area contributed by atoms with Gasteiger partial charge in [-0.05, 0) is 31.4 Å². The van der Waals surface area contributed by atoms with Gasteiger partial charge in [-0.3, -0.25) is 4.79 Å². The summed E-state index contributed by atoms with van der Waals surface area (Å²) in [5, 5.41) is 3.11. The highest BCUT2D eigenvalue weighted by Gasteiger charge is 2.33. The molecule has 0 radical (unpaired) electrons. The largest absolute Gasteiger partial charge is 0.422 e. The predicted octanol–water partition coefficient (Wildman–Crippen LogP) is 1.33. The fourth-order valence-electron chi connectivity index (χ4n) is 2.61. The van der Waals surface area contributed by atoms with Crippen molar-refractivity contribution in [2.45, 2.75) is 25.3 Å². The highest BCUT2D eigenvalue weighted by Crippen LogP contribution is 2.29. The molecule has 2 aromatic rings. The van der Waals surface area contributed by atoms with Gasteiger partial charge < -0.3 is 14.6 Å². The molecule has 1 atom stereocenters. The van der Waals surface area contributed by atoms with E-state index in [-0.39, 0.29) is 17.9 Å². The van der Waals surface area contributed by atoms with Crippen molar-refractivity contribution in [3.8, 4) is 0 Å². The molecular formula is C14H16N4O2. The second kappa shape index (κ2) is 4.47. The lowest BCUT2D eigenvalue weighted by Crippen LogP contribution is -2.37. The van der Waals surface area contributed by atoms with E-state index < -0.39 is 0 Å². The SMILES string of the molecule is O=C(NC1CCN(c2nc3ncccc3o2)C1)C1CC1. The van der Waals surface area contributed by atoms with Crippen LogP contribution >= 0.6 is 0 Å². The molecule has 104 valence electrons. The molecule has 0 bridgehead atoms. The van der Waals surface area contributed by atoms with Gasteiger partial charge in [0.25, 0.3) is 6.01 Å². The predicted molar refractivity (Wildman–Crippen MR) is 73.3 cm³/mol. The molecule has 6 nitrogen and oxygen atoms in total. The summed E-state index contributed by atoms with van der Waals surface area (Å²) in [7, 11) is 0. The zero-order valence-electron chi connectivity index (χ0n) is 11.1. The van der Waals surface area contributed by atoms with Gasteiger partial charge in [-0.25, -0.2) is 4.98 Å². The molecule has 0 aromatic carbocycles. The van der Waals surface area contributed by atoms with Crippen molar-refractivity contribution in [2.24, 2.45) is 5.92 Å². The van der Waals surface area contributed by atoms with Crippen LogP contribution in [-0.2, 0) is 4.79 Å². The van der Waals surface area contributed by atoms with Crippen LogP contribution in [0.1, 0.15) is 19.3 Å². The Hall–Kier alpha value is -2.11. The van der Waals surface area contributed by atoms with Crippen LogP contribution in [0, 0.1) is 5.92 Å². The summed E-state index contributed by atoms with van der Waals surface area (Å²) < 4.78 is 5.70. The maximum atomic E-state index is 11.8. The van der Waals surface area contributed by atoms with Crippen LogP contribution in [0.5, 0.6) is 0 Å². The van der Waals surface area contributed by atoms with E-state index in [0.717, 1.165) is 32.4 Å². The Balaban J connectivity index is 1.45. The van der Waals surface area contributed by atoms with Crippen LogP contribution in [0.3, 0.4) is 0 Å². The van der Waals surface area contributed by atoms with Crippen LogP contribution in [0.2, 0.25) is 0 Å². The first-order valence-corrected chi connectivity index (χ1v) is 7.06. The van der Waals surface area contributed by atoms with E-state index in [9.17, 15) is 4.79 Å². The Morgan fingerprint density at radius 1 is 1.40 bits per heavy atom. The molecule has 1 N–H and O–H groups in total. The van der Waals surface area contributed by atoms with Crippen molar-refractivity contribution < 1.29 is 9.21 Å². The van der Waals surface area contributed by atoms with Crippen molar-refractivity contribution in [1.82, 2.24) is 15.3 Å². The molecular weight excluding hydrogens is 256 g/mol. The minimum absolute atomic E-state index is 0.200. The van der Waals surface area contributed by atoms with Gasteiger partial charge in [0.1, 0.15) is 0 Å². The van der Waals surface area contributed by atoms with E-state index in [2.05, 4.69) is 20.2 Å². The van der Waals surface area contributed by atoms with Gasteiger partial charge in [0.2, 0.25) is 11.6 Å². The number of anilines is 1. The molecule has 3 heterocycles. The van der Waals surface area contributed by atoms with E-state index >= 15 is 0 Å². The van der Waals surface area contributed by atoms with Crippen molar-refractivity contribution in [2.75, 3.05) is 18.0 Å². The van der Waals surface area contributed by atoms with Gasteiger partial charge in [0, 0.05) is 31.2 Å². The number of amides is 1. The van der Waals surface area contributed by atoms with E-state index in [1.54, 1.807) is 6.20 Å². The van der Waals surface area contributed by atoms with Gasteiger partial charge in [0.15, 0.2) is 5.58 Å². The topological polar surface area (TPSA) is 71.3 Å². The third-order valence-electron chi connectivity index (χ3n) is 3.91. The summed E-state index contributed by atoms with van der Waals surface area (Å²) in [6, 6.07) is 4.49. The molecule has 1 amide bonds. The molecule has 1 saturated heterocycles. The van der Waals surface area contributed by atoms with Crippen LogP contribution < -0.4 is 10.2 Å². The number of hydrogen-bond acceptors (Lipinski definition) is 5. The summed E-state index contributed by atoms with van der Waals surface area (Å²) in [4.78, 5) is 22.4. The van der Waals surface area contributed by atoms with Crippen LogP contribution in [0.15, 0.2) is 22.7 Å². The lowest BCUT2D eigenvalue weighted by Gasteiger charge is -2.14. The number of hydrogen-bond donors (Lipinski definition) is 1. The van der Waals surface area contributed by atoms with Gasteiger partial charge in [-0.1, -0.05) is 0 Å². The summed E-state index contributed by atoms with van der Waals surface area (Å²) in [5.41, 5.74) is 1.33. The van der Waals surface area contributed by atoms with Crippen LogP contribution in [-0.4, -0.2) is 35.0 Å². The fraction of sp³-hybridized carbons (Fsp3) is 0.500. The highest BCUT2D eigenvalue weighted by atomic mass is 16.4. The number of carbonyl (C=O) groups excluding carboxylic acids is 1. The lowest BCUT2D eigenvalue weighted by atomic mass is 10.2. The maximum Gasteiger partial charge on any atom is 0.300 e. The van der Waals surface area contributed by atoms with E-state index in [4.69, 9.17) is 4.42 Å². The summed E-state index contributed by atoms with van der Waals surface area (Å²) in [6.45, 7) is 1.60. The fourth-order valence-corrected chi connectivity index (χ4v) is 2.61. The number of carbonyl (C=O) groups is 1. The Morgan fingerprint density at radius 2 is 2.30 bits per heavy atom. The van der Waals surface area contributed by atoms with E-state index in [0.29, 0.717) is 17.2 Å². The number of rotatable bonds is 3. The quantitative estimate of drug-likeness (QED) is 0.912. The van der Waals surface area contributed by atoms with Gasteiger partial charge in [-0.2, -0.15) is 4.98 Å². The number of aromatic nitrogens is 2. The van der Waals surface area contributed by atoms with E-state index in [1.807, 2.05) is 12.1 Å². The molecule has 6 heteroatoms. The molecule has 2 aromatic heterocycles. The number of nitrogens with one attached hydrogen (secondary N) is 1. The normalized spacial score (nSPS) is 22.4. The standard InChI is InChI=1S/C14H16N4O2/c19-13(9-3-4-9)16-10-5-7-18(8-10)14-17-12-11(20-14)2-1-6-15-12/h1-2,6,9-10H,3-5,7-8H2,(H,16,19). The average Bonchev–Trinajstić information content (AvgIpc) is 3.06. The van der Waals surface area contributed by atoms with Gasteiger partial charge in [0.05, 0.1) is 0 Å². The molecule has 1 saturated carbocycles. The maximum absolute atomic E-state index is 11.8. The number of fused-ring (bicyclic) bond motifs is 1. The molecule has 2 aliphatic rings. The first-order chi connectivity index (χ1) is 9.79. The molecule has 1 unspecified atom stereocenters. The monoisotopic (exact) mass is 272 g/mol. The third kappa shape index (κ3) is 2.11. The second-order valence-electron chi connectivity index (χ2n) is 5.54. The van der Waals surface area contributed by atoms with Crippen LogP contribution in [0.4, 0.5) is 6.01 Å². The zero-order chi connectivity index (χ0) is 13.5. The Kier molecular flexibility index (Phi) is 2.61. The van der Waals surface area contributed by atoms with Crippen molar-refractivity contribution >= 4 is 23.2 Å². The van der Waals surface area contributed by atoms with Crippen molar-refractivity contribution in [1.29, 1.82) is 0 Å². The summed E-state index contributed by atoms with van der Waals surface area (Å²) >= 11 is 0. The smallest absolute Gasteiger partial charge is 0.300 e. The molecule has 20 heavy (non-hydrogen) atoms. The van der Waals surface area contributed by atoms with Gasteiger partial charge in [-0.15, -0.1) is 0 Å². The minimum atomic E-state index is 0.200. The number of nitrogens with zero attached hydrogens (tertiary/aromatic N) is 3. The molecule has 4 rings (SSSR count). The Bertz CT molecular complexity index is 616. The average molecular weight is 272 g/mol. The summed E-state index contributed by atoms with van der Waals surface area (Å²) in [5.74, 6) is 0.466. The number of pyridine rings is 1. The van der Waals surface area contributed by atoms with Crippen LogP contribution in [0.25, 0.3) is 11.2 Å². The first kappa shape index (κ1) is 11.7. The Labute approximate surface area is 116 Å². The lowest BCUT2D eigenvalue weighted by molar-refractivity contribution is -0.122. The minimum Gasteiger partial charge on any atom is -0.422 e. The van der Waals surface area contributed by atoms with Crippen molar-refractivity contribution in [3.63, 3.8) is 0 Å². The van der Waals surface area contributed by atoms with E-state index in [1.165, 1.54) is 0 Å². The molecule has 1 aliphatic carbocycles. The molecule has 1 aliphatic heterocycles. The Morgan fingerprint density at radius 3 is 3.10 bits per heavy atom. The van der Waals surface area contributed by atoms with Gasteiger partial charge >= 0.3 is 0 Å². The molecule has 0 spiro atoms. The zero-order valence-corrected chi connectivity index (χ0v) is 11.1. The first-order valence-electron chi connectivity index (χ1n) is 7.06. The second-order valence-corrected chi connectivity index (χ2v) is 5.54. The third-order valence-corrected chi connectivity index (χ3v) is 3.91. The van der Waals surface area contributed by atoms with Crippen molar-refractivity contribution in [3.05, 3.63) is 18.3 Å². The molecule has 2 fully saturated rings. The number of oxazole rings is 1. The highest BCUT2D eigenvalue weighted by molar-refractivity contribution is 5.81. The summed E-state index contributed by atoms with van der Waals surface area (Å²) in [6.07, 6.45) is 4.72.